The smallest absolute Gasteiger partial charge is 0.127 e. The second-order valence-corrected chi connectivity index (χ2v) is 9.70. The minimum atomic E-state index is 0.546. The first-order valence-electron chi connectivity index (χ1n) is 10.8. The van der Waals surface area contributed by atoms with E-state index < -0.39 is 0 Å². The Balaban J connectivity index is 1.26. The molecule has 3 bridgehead atoms. The van der Waals surface area contributed by atoms with Gasteiger partial charge in [-0.15, -0.1) is 0 Å². The van der Waals surface area contributed by atoms with Crippen LogP contribution in [0.25, 0.3) is 0 Å². The van der Waals surface area contributed by atoms with Crippen molar-refractivity contribution in [1.82, 2.24) is 9.88 Å². The van der Waals surface area contributed by atoms with Gasteiger partial charge in [0.15, 0.2) is 0 Å². The summed E-state index contributed by atoms with van der Waals surface area (Å²) in [5.41, 5.74) is 1.88. The minimum absolute atomic E-state index is 0.546. The van der Waals surface area contributed by atoms with E-state index in [1.807, 2.05) is 6.20 Å². The predicted octanol–water partition coefficient (Wildman–Crippen LogP) is 3.85. The van der Waals surface area contributed by atoms with Crippen molar-refractivity contribution in [3.05, 3.63) is 18.3 Å². The largest absolute Gasteiger partial charge is 0.369 e. The fourth-order valence-corrected chi connectivity index (χ4v) is 6.59. The zero-order chi connectivity index (χ0) is 17.6. The van der Waals surface area contributed by atoms with Crippen LogP contribution in [-0.2, 0) is 0 Å². The monoisotopic (exact) mass is 354 g/mol. The van der Waals surface area contributed by atoms with Crippen LogP contribution in [-0.4, -0.2) is 49.7 Å². The number of nitrogens with one attached hydrogen (secondary N) is 1. The summed E-state index contributed by atoms with van der Waals surface area (Å²) in [5, 5.41) is 3.77. The van der Waals surface area contributed by atoms with Crippen LogP contribution in [0.4, 0.5) is 11.5 Å². The SMILES string of the molecule is CN1CCN(c2ccnc(NC[C@]34CCC[C@H]5C[C@@H](CC5C3)C4)c2)CC1. The van der Waals surface area contributed by atoms with E-state index in [-0.39, 0.29) is 0 Å². The molecule has 142 valence electrons. The Morgan fingerprint density at radius 2 is 2.00 bits per heavy atom. The maximum atomic E-state index is 4.64. The standard InChI is InChI=1S/C22H34N4/c1-25-7-9-26(10-8-25)20-4-6-23-21(13-20)24-16-22-5-2-3-18-11-17(14-22)12-19(18)15-22/h4,6,13,17-19H,2-3,5,7-12,14-16H2,1H3,(H,23,24)/t17-,18-,19?,22-/m0/s1. The number of anilines is 2. The molecule has 4 heteroatoms. The van der Waals surface area contributed by atoms with Gasteiger partial charge in [0.1, 0.15) is 5.82 Å². The van der Waals surface area contributed by atoms with Crippen molar-refractivity contribution >= 4 is 11.5 Å². The number of aromatic nitrogens is 1. The van der Waals surface area contributed by atoms with Crippen LogP contribution in [0.3, 0.4) is 0 Å². The van der Waals surface area contributed by atoms with E-state index in [2.05, 4.69) is 39.3 Å². The zero-order valence-corrected chi connectivity index (χ0v) is 16.3. The highest BCUT2D eigenvalue weighted by Gasteiger charge is 2.49. The Kier molecular flexibility index (Phi) is 4.35. The third-order valence-electron chi connectivity index (χ3n) is 7.89. The van der Waals surface area contributed by atoms with Crippen LogP contribution in [0.5, 0.6) is 0 Å². The maximum absolute atomic E-state index is 4.64. The lowest BCUT2D eigenvalue weighted by Gasteiger charge is -2.40. The van der Waals surface area contributed by atoms with Crippen molar-refractivity contribution in [2.45, 2.75) is 44.9 Å². The summed E-state index contributed by atoms with van der Waals surface area (Å²) in [7, 11) is 2.21. The first kappa shape index (κ1) is 16.9. The number of hydrogen-bond donors (Lipinski definition) is 1. The molecular weight excluding hydrogens is 320 g/mol. The summed E-state index contributed by atoms with van der Waals surface area (Å²) in [6.45, 7) is 5.67. The third kappa shape index (κ3) is 3.21. The maximum Gasteiger partial charge on any atom is 0.127 e. The fraction of sp³-hybridized carbons (Fsp3) is 0.773. The van der Waals surface area contributed by atoms with Gasteiger partial charge in [0.25, 0.3) is 0 Å². The van der Waals surface area contributed by atoms with Crippen LogP contribution in [0, 0.1) is 23.2 Å². The van der Waals surface area contributed by atoms with Gasteiger partial charge in [-0.2, -0.15) is 0 Å². The molecule has 4 aliphatic rings. The molecule has 0 amide bonds. The van der Waals surface area contributed by atoms with Crippen LogP contribution in [0.1, 0.15) is 44.9 Å². The van der Waals surface area contributed by atoms with Crippen LogP contribution >= 0.6 is 0 Å². The topological polar surface area (TPSA) is 31.4 Å². The van der Waals surface area contributed by atoms with E-state index in [9.17, 15) is 0 Å². The predicted molar refractivity (Wildman–Crippen MR) is 108 cm³/mol. The molecule has 3 saturated carbocycles. The molecule has 1 N–H and O–H groups in total. The summed E-state index contributed by atoms with van der Waals surface area (Å²) in [4.78, 5) is 9.55. The Labute approximate surface area is 158 Å². The van der Waals surface area contributed by atoms with Crippen molar-refractivity contribution in [2.24, 2.45) is 23.2 Å². The summed E-state index contributed by atoms with van der Waals surface area (Å²) in [6.07, 6.45) is 12.4. The lowest BCUT2D eigenvalue weighted by atomic mass is 9.67. The second kappa shape index (κ2) is 6.70. The molecular formula is C22H34N4. The van der Waals surface area contributed by atoms with Gasteiger partial charge in [0.2, 0.25) is 0 Å². The molecule has 5 rings (SSSR count). The molecule has 0 spiro atoms. The number of piperazine rings is 1. The molecule has 4 fully saturated rings. The Bertz CT molecular complexity index is 639. The van der Waals surface area contributed by atoms with Gasteiger partial charge in [0.05, 0.1) is 0 Å². The summed E-state index contributed by atoms with van der Waals surface area (Å²) in [6, 6.07) is 4.45. The number of rotatable bonds is 4. The fourth-order valence-electron chi connectivity index (χ4n) is 6.59. The number of pyridine rings is 1. The van der Waals surface area contributed by atoms with Crippen LogP contribution in [0.2, 0.25) is 0 Å². The lowest BCUT2D eigenvalue weighted by Crippen LogP contribution is -2.44. The molecule has 0 aromatic carbocycles. The molecule has 4 nitrogen and oxygen atoms in total. The molecule has 1 aromatic heterocycles. The van der Waals surface area contributed by atoms with Crippen LogP contribution in [0.15, 0.2) is 18.3 Å². The highest BCUT2D eigenvalue weighted by Crippen LogP contribution is 2.58. The first-order valence-corrected chi connectivity index (χ1v) is 10.8. The lowest BCUT2D eigenvalue weighted by molar-refractivity contribution is 0.137. The van der Waals surface area contributed by atoms with Gasteiger partial charge in [0, 0.05) is 50.7 Å². The van der Waals surface area contributed by atoms with E-state index >= 15 is 0 Å². The quantitative estimate of drug-likeness (QED) is 0.890. The average Bonchev–Trinajstić information content (AvgIpc) is 2.87. The molecule has 1 aromatic rings. The molecule has 4 atom stereocenters. The summed E-state index contributed by atoms with van der Waals surface area (Å²) in [5.74, 6) is 4.19. The van der Waals surface area contributed by atoms with Crippen molar-refractivity contribution in [3.8, 4) is 0 Å². The molecule has 26 heavy (non-hydrogen) atoms. The molecule has 3 aliphatic carbocycles. The Hall–Kier alpha value is -1.29. The van der Waals surface area contributed by atoms with E-state index in [0.29, 0.717) is 5.41 Å². The van der Waals surface area contributed by atoms with Crippen molar-refractivity contribution < 1.29 is 0 Å². The van der Waals surface area contributed by atoms with Crippen molar-refractivity contribution in [2.75, 3.05) is 50.0 Å². The third-order valence-corrected chi connectivity index (χ3v) is 7.89. The van der Waals surface area contributed by atoms with Gasteiger partial charge in [-0.05, 0) is 68.4 Å². The van der Waals surface area contributed by atoms with Crippen LogP contribution < -0.4 is 10.2 Å². The molecule has 1 saturated heterocycles. The van der Waals surface area contributed by atoms with Gasteiger partial charge in [-0.3, -0.25) is 0 Å². The van der Waals surface area contributed by atoms with Gasteiger partial charge in [-0.1, -0.05) is 12.8 Å². The Morgan fingerprint density at radius 1 is 1.15 bits per heavy atom. The average molecular weight is 355 g/mol. The summed E-state index contributed by atoms with van der Waals surface area (Å²) < 4.78 is 0. The van der Waals surface area contributed by atoms with Crippen molar-refractivity contribution in [3.63, 3.8) is 0 Å². The molecule has 1 unspecified atom stereocenters. The first-order chi connectivity index (χ1) is 12.7. The number of hydrogen-bond acceptors (Lipinski definition) is 4. The zero-order valence-electron chi connectivity index (χ0n) is 16.3. The number of likely N-dealkylation sites (N-methyl/N-ethyl adjacent to an activating group) is 1. The van der Waals surface area contributed by atoms with Gasteiger partial charge in [-0.25, -0.2) is 4.98 Å². The minimum Gasteiger partial charge on any atom is -0.369 e. The van der Waals surface area contributed by atoms with Crippen molar-refractivity contribution in [1.29, 1.82) is 0 Å². The van der Waals surface area contributed by atoms with E-state index in [1.165, 1.54) is 50.6 Å². The molecule has 2 heterocycles. The molecule has 0 radical (unpaired) electrons. The normalized spacial score (nSPS) is 37.0. The second-order valence-electron chi connectivity index (χ2n) is 9.70. The number of nitrogens with zero attached hydrogens (tertiary/aromatic N) is 3. The van der Waals surface area contributed by atoms with E-state index in [4.69, 9.17) is 0 Å². The molecule has 1 aliphatic heterocycles. The highest BCUT2D eigenvalue weighted by atomic mass is 15.2. The highest BCUT2D eigenvalue weighted by molar-refractivity contribution is 5.54. The van der Waals surface area contributed by atoms with E-state index in [1.54, 1.807) is 0 Å². The number of fused-ring (bicyclic) bond motifs is 2. The van der Waals surface area contributed by atoms with Gasteiger partial charge >= 0.3 is 0 Å². The van der Waals surface area contributed by atoms with Gasteiger partial charge < -0.3 is 15.1 Å². The Morgan fingerprint density at radius 3 is 2.88 bits per heavy atom. The summed E-state index contributed by atoms with van der Waals surface area (Å²) >= 11 is 0. The van der Waals surface area contributed by atoms with E-state index in [0.717, 1.165) is 56.3 Å².